The molecule has 1 heterocycles. The molecule has 0 atom stereocenters. The molecule has 1 aromatic heterocycles. The molecule has 0 aliphatic carbocycles. The quantitative estimate of drug-likeness (QED) is 0.833. The molecule has 1 N–H and O–H groups in total. The molecule has 0 aliphatic heterocycles. The second-order valence-electron chi connectivity index (χ2n) is 3.40. The van der Waals surface area contributed by atoms with Gasteiger partial charge in [0.25, 0.3) is 5.91 Å². The zero-order chi connectivity index (χ0) is 10.7. The standard InChI is InChI=1S/C12H13NO2/c1-2-7-13-12(14)11-8-9-5-3-4-6-10(9)15-11/h3-6,8H,2,7H2,1H3,(H,13,14). The number of carbonyl (C=O) groups is 1. The highest BCUT2D eigenvalue weighted by atomic mass is 16.3. The van der Waals surface area contributed by atoms with Crippen molar-refractivity contribution in [1.82, 2.24) is 5.32 Å². The van der Waals surface area contributed by atoms with E-state index >= 15 is 0 Å². The van der Waals surface area contributed by atoms with Gasteiger partial charge in [-0.25, -0.2) is 0 Å². The van der Waals surface area contributed by atoms with Crippen LogP contribution in [-0.2, 0) is 0 Å². The lowest BCUT2D eigenvalue weighted by Gasteiger charge is -1.98. The predicted octanol–water partition coefficient (Wildman–Crippen LogP) is 2.57. The van der Waals surface area contributed by atoms with Crippen LogP contribution in [0.15, 0.2) is 34.7 Å². The molecule has 1 aromatic carbocycles. The van der Waals surface area contributed by atoms with E-state index in [0.717, 1.165) is 17.4 Å². The van der Waals surface area contributed by atoms with E-state index in [0.29, 0.717) is 12.3 Å². The predicted molar refractivity (Wildman–Crippen MR) is 58.8 cm³/mol. The molecule has 2 rings (SSSR count). The Hall–Kier alpha value is -1.77. The van der Waals surface area contributed by atoms with Crippen LogP contribution in [0.3, 0.4) is 0 Å². The monoisotopic (exact) mass is 203 g/mol. The van der Waals surface area contributed by atoms with Gasteiger partial charge in [-0.05, 0) is 18.6 Å². The van der Waals surface area contributed by atoms with Crippen molar-refractivity contribution in [2.24, 2.45) is 0 Å². The van der Waals surface area contributed by atoms with Crippen LogP contribution >= 0.6 is 0 Å². The lowest BCUT2D eigenvalue weighted by Crippen LogP contribution is -2.23. The van der Waals surface area contributed by atoms with E-state index in [4.69, 9.17) is 4.42 Å². The van der Waals surface area contributed by atoms with Gasteiger partial charge in [0.15, 0.2) is 5.76 Å². The van der Waals surface area contributed by atoms with Crippen LogP contribution in [0.2, 0.25) is 0 Å². The summed E-state index contributed by atoms with van der Waals surface area (Å²) in [5.74, 6) is 0.234. The van der Waals surface area contributed by atoms with Crippen LogP contribution in [0.4, 0.5) is 0 Å². The number of benzene rings is 1. The van der Waals surface area contributed by atoms with Gasteiger partial charge in [-0.3, -0.25) is 4.79 Å². The Balaban J connectivity index is 2.25. The van der Waals surface area contributed by atoms with Gasteiger partial charge < -0.3 is 9.73 Å². The van der Waals surface area contributed by atoms with Crippen LogP contribution in [0.25, 0.3) is 11.0 Å². The number of hydrogen-bond donors (Lipinski definition) is 1. The molecule has 3 nitrogen and oxygen atoms in total. The Kier molecular flexibility index (Phi) is 2.72. The zero-order valence-corrected chi connectivity index (χ0v) is 8.62. The lowest BCUT2D eigenvalue weighted by atomic mass is 10.2. The van der Waals surface area contributed by atoms with Crippen molar-refractivity contribution in [3.05, 3.63) is 36.1 Å². The van der Waals surface area contributed by atoms with Crippen molar-refractivity contribution in [2.75, 3.05) is 6.54 Å². The maximum atomic E-state index is 11.6. The SMILES string of the molecule is CCCNC(=O)c1cc2ccccc2o1. The van der Waals surface area contributed by atoms with Crippen LogP contribution in [0, 0.1) is 0 Å². The molecule has 0 fully saturated rings. The van der Waals surface area contributed by atoms with Crippen molar-refractivity contribution in [3.8, 4) is 0 Å². The molecule has 0 aliphatic rings. The first-order valence-corrected chi connectivity index (χ1v) is 5.08. The highest BCUT2D eigenvalue weighted by molar-refractivity contribution is 5.95. The molecule has 0 spiro atoms. The summed E-state index contributed by atoms with van der Waals surface area (Å²) in [5, 5.41) is 3.73. The summed E-state index contributed by atoms with van der Waals surface area (Å²) in [5.41, 5.74) is 0.749. The number of para-hydroxylation sites is 1. The van der Waals surface area contributed by atoms with Crippen molar-refractivity contribution in [3.63, 3.8) is 0 Å². The number of carbonyl (C=O) groups excluding carboxylic acids is 1. The minimum atomic E-state index is -0.145. The van der Waals surface area contributed by atoms with E-state index in [-0.39, 0.29) is 5.91 Å². The van der Waals surface area contributed by atoms with Gasteiger partial charge in [0.05, 0.1) is 0 Å². The first kappa shape index (κ1) is 9.77. The van der Waals surface area contributed by atoms with E-state index in [9.17, 15) is 4.79 Å². The van der Waals surface area contributed by atoms with Gasteiger partial charge in [-0.15, -0.1) is 0 Å². The molecular formula is C12H13NO2. The van der Waals surface area contributed by atoms with Gasteiger partial charge >= 0.3 is 0 Å². The molecule has 3 heteroatoms. The smallest absolute Gasteiger partial charge is 0.287 e. The number of fused-ring (bicyclic) bond motifs is 1. The summed E-state index contributed by atoms with van der Waals surface area (Å²) in [6.07, 6.45) is 0.923. The van der Waals surface area contributed by atoms with Crippen molar-refractivity contribution in [2.45, 2.75) is 13.3 Å². The zero-order valence-electron chi connectivity index (χ0n) is 8.62. The first-order chi connectivity index (χ1) is 7.31. The summed E-state index contributed by atoms with van der Waals surface area (Å²) < 4.78 is 5.41. The summed E-state index contributed by atoms with van der Waals surface area (Å²) in [6, 6.07) is 9.35. The molecule has 0 saturated heterocycles. The van der Waals surface area contributed by atoms with Gasteiger partial charge in [0.1, 0.15) is 5.58 Å². The van der Waals surface area contributed by atoms with Gasteiger partial charge in [0, 0.05) is 11.9 Å². The van der Waals surface area contributed by atoms with Crippen LogP contribution in [0.1, 0.15) is 23.9 Å². The molecule has 15 heavy (non-hydrogen) atoms. The molecule has 78 valence electrons. The molecule has 0 saturated carbocycles. The Morgan fingerprint density at radius 2 is 2.20 bits per heavy atom. The fourth-order valence-corrected chi connectivity index (χ4v) is 1.42. The average molecular weight is 203 g/mol. The minimum absolute atomic E-state index is 0.145. The third kappa shape index (κ3) is 2.01. The number of nitrogens with one attached hydrogen (secondary N) is 1. The Morgan fingerprint density at radius 3 is 2.93 bits per heavy atom. The first-order valence-electron chi connectivity index (χ1n) is 5.08. The topological polar surface area (TPSA) is 42.2 Å². The number of furan rings is 1. The Morgan fingerprint density at radius 1 is 1.40 bits per heavy atom. The van der Waals surface area contributed by atoms with Crippen molar-refractivity contribution in [1.29, 1.82) is 0 Å². The van der Waals surface area contributed by atoms with Crippen molar-refractivity contribution >= 4 is 16.9 Å². The lowest BCUT2D eigenvalue weighted by molar-refractivity contribution is 0.0928. The molecule has 0 radical (unpaired) electrons. The fourth-order valence-electron chi connectivity index (χ4n) is 1.42. The maximum Gasteiger partial charge on any atom is 0.287 e. The molecule has 0 unspecified atom stereocenters. The van der Waals surface area contributed by atoms with Gasteiger partial charge in [-0.2, -0.15) is 0 Å². The second kappa shape index (κ2) is 4.17. The van der Waals surface area contributed by atoms with Gasteiger partial charge in [-0.1, -0.05) is 25.1 Å². The summed E-state index contributed by atoms with van der Waals surface area (Å²) in [7, 11) is 0. The highest BCUT2D eigenvalue weighted by Gasteiger charge is 2.10. The van der Waals surface area contributed by atoms with E-state index in [1.807, 2.05) is 31.2 Å². The van der Waals surface area contributed by atoms with E-state index in [2.05, 4.69) is 5.32 Å². The molecule has 2 aromatic rings. The maximum absolute atomic E-state index is 11.6. The van der Waals surface area contributed by atoms with E-state index in [1.165, 1.54) is 0 Å². The normalized spacial score (nSPS) is 10.5. The van der Waals surface area contributed by atoms with Crippen LogP contribution < -0.4 is 5.32 Å². The Labute approximate surface area is 88.1 Å². The number of rotatable bonds is 3. The minimum Gasteiger partial charge on any atom is -0.451 e. The summed E-state index contributed by atoms with van der Waals surface area (Å²) >= 11 is 0. The van der Waals surface area contributed by atoms with Crippen LogP contribution in [0.5, 0.6) is 0 Å². The van der Waals surface area contributed by atoms with E-state index in [1.54, 1.807) is 6.07 Å². The van der Waals surface area contributed by atoms with Crippen LogP contribution in [-0.4, -0.2) is 12.5 Å². The second-order valence-corrected chi connectivity index (χ2v) is 3.40. The third-order valence-corrected chi connectivity index (χ3v) is 2.18. The average Bonchev–Trinajstić information content (AvgIpc) is 2.69. The number of amides is 1. The Bertz CT molecular complexity index is 440. The molecule has 0 bridgehead atoms. The highest BCUT2D eigenvalue weighted by Crippen LogP contribution is 2.18. The van der Waals surface area contributed by atoms with Crippen molar-refractivity contribution < 1.29 is 9.21 Å². The largest absolute Gasteiger partial charge is 0.451 e. The third-order valence-electron chi connectivity index (χ3n) is 2.18. The van der Waals surface area contributed by atoms with Gasteiger partial charge in [0.2, 0.25) is 0 Å². The number of hydrogen-bond acceptors (Lipinski definition) is 2. The fraction of sp³-hybridized carbons (Fsp3) is 0.250. The molecule has 1 amide bonds. The van der Waals surface area contributed by atoms with E-state index < -0.39 is 0 Å². The summed E-state index contributed by atoms with van der Waals surface area (Å²) in [4.78, 5) is 11.6. The summed E-state index contributed by atoms with van der Waals surface area (Å²) in [6.45, 7) is 2.69. The molecular weight excluding hydrogens is 190 g/mol.